The van der Waals surface area contributed by atoms with Crippen molar-refractivity contribution in [2.24, 2.45) is 0 Å². The van der Waals surface area contributed by atoms with Gasteiger partial charge in [0, 0.05) is 12.7 Å². The van der Waals surface area contributed by atoms with Crippen LogP contribution in [0, 0.1) is 5.82 Å². The van der Waals surface area contributed by atoms with Crippen LogP contribution in [0.4, 0.5) is 10.3 Å². The minimum atomic E-state index is -0.426. The molecule has 3 rings (SSSR count). The largest absolute Gasteiger partial charge is 0.349 e. The van der Waals surface area contributed by atoms with Gasteiger partial charge in [0.05, 0.1) is 9.50 Å². The Morgan fingerprint density at radius 2 is 2.20 bits per heavy atom. The molecule has 0 saturated heterocycles. The molecule has 1 aromatic carbocycles. The molecule has 0 aliphatic rings. The molecule has 7 heteroatoms. The van der Waals surface area contributed by atoms with Crippen molar-refractivity contribution in [1.82, 2.24) is 14.6 Å². The molecule has 0 fully saturated rings. The van der Waals surface area contributed by atoms with Crippen LogP contribution in [0.3, 0.4) is 0 Å². The summed E-state index contributed by atoms with van der Waals surface area (Å²) in [6.45, 7) is 0.467. The van der Waals surface area contributed by atoms with E-state index in [9.17, 15) is 4.39 Å². The molecular weight excluding hydrogens is 347 g/mol. The first-order valence-corrected chi connectivity index (χ1v) is 6.99. The molecule has 4 nitrogen and oxygen atoms in total. The number of aromatic nitrogens is 3. The smallest absolute Gasteiger partial charge is 0.243 e. The second-order valence-corrected chi connectivity index (χ2v) is 5.42. The van der Waals surface area contributed by atoms with E-state index in [4.69, 9.17) is 11.6 Å². The lowest BCUT2D eigenvalue weighted by molar-refractivity contribution is 0.627. The topological polar surface area (TPSA) is 42.2 Å². The Morgan fingerprint density at radius 3 is 2.95 bits per heavy atom. The number of nitrogens with zero attached hydrogens (tertiary/aromatic N) is 3. The highest BCUT2D eigenvalue weighted by Gasteiger charge is 2.06. The standard InChI is InChI=1S/C13H9BrClFN4/c14-9-2-1-5-20-12(9)18-13(19-20)17-7-8-3-4-11(16)10(15)6-8/h1-6H,7H2,(H,17,19). The summed E-state index contributed by atoms with van der Waals surface area (Å²) in [5.74, 6) is 0.0718. The molecule has 2 aromatic heterocycles. The van der Waals surface area contributed by atoms with Gasteiger partial charge >= 0.3 is 0 Å². The van der Waals surface area contributed by atoms with Crippen molar-refractivity contribution in [1.29, 1.82) is 0 Å². The molecule has 0 radical (unpaired) electrons. The lowest BCUT2D eigenvalue weighted by Gasteiger charge is -2.03. The first kappa shape index (κ1) is 13.3. The van der Waals surface area contributed by atoms with Gasteiger partial charge in [0.1, 0.15) is 5.82 Å². The van der Waals surface area contributed by atoms with E-state index >= 15 is 0 Å². The van der Waals surface area contributed by atoms with Crippen molar-refractivity contribution in [2.75, 3.05) is 5.32 Å². The van der Waals surface area contributed by atoms with E-state index in [1.54, 1.807) is 16.6 Å². The van der Waals surface area contributed by atoms with Crippen LogP contribution in [-0.4, -0.2) is 14.6 Å². The van der Waals surface area contributed by atoms with Crippen LogP contribution < -0.4 is 5.32 Å². The van der Waals surface area contributed by atoms with Crippen molar-refractivity contribution < 1.29 is 4.39 Å². The number of fused-ring (bicyclic) bond motifs is 1. The zero-order chi connectivity index (χ0) is 14.1. The third-order valence-electron chi connectivity index (χ3n) is 2.75. The van der Waals surface area contributed by atoms with E-state index in [1.165, 1.54) is 6.07 Å². The zero-order valence-corrected chi connectivity index (χ0v) is 12.5. The van der Waals surface area contributed by atoms with E-state index in [-0.39, 0.29) is 5.02 Å². The Hall–Kier alpha value is -1.66. The summed E-state index contributed by atoms with van der Waals surface area (Å²) in [6, 6.07) is 8.35. The number of pyridine rings is 1. The Kier molecular flexibility index (Phi) is 3.58. The van der Waals surface area contributed by atoms with Crippen LogP contribution in [0.1, 0.15) is 5.56 Å². The predicted octanol–water partition coefficient (Wildman–Crippen LogP) is 3.90. The van der Waals surface area contributed by atoms with Crippen molar-refractivity contribution in [3.8, 4) is 0 Å². The van der Waals surface area contributed by atoms with Gasteiger partial charge in [0.25, 0.3) is 0 Å². The first-order valence-electron chi connectivity index (χ1n) is 5.82. The number of rotatable bonds is 3. The minimum absolute atomic E-state index is 0.106. The number of hydrogen-bond donors (Lipinski definition) is 1. The van der Waals surface area contributed by atoms with E-state index in [2.05, 4.69) is 31.3 Å². The van der Waals surface area contributed by atoms with E-state index in [0.717, 1.165) is 15.7 Å². The molecule has 0 saturated carbocycles. The van der Waals surface area contributed by atoms with Crippen LogP contribution in [0.15, 0.2) is 41.0 Å². The van der Waals surface area contributed by atoms with Gasteiger partial charge in [-0.05, 0) is 45.8 Å². The van der Waals surface area contributed by atoms with Gasteiger partial charge < -0.3 is 5.32 Å². The Morgan fingerprint density at radius 1 is 1.35 bits per heavy atom. The number of anilines is 1. The molecule has 102 valence electrons. The van der Waals surface area contributed by atoms with E-state index in [0.29, 0.717) is 12.5 Å². The molecule has 3 aromatic rings. The maximum Gasteiger partial charge on any atom is 0.243 e. The van der Waals surface area contributed by atoms with Crippen molar-refractivity contribution in [3.63, 3.8) is 0 Å². The summed E-state index contributed by atoms with van der Waals surface area (Å²) >= 11 is 9.15. The van der Waals surface area contributed by atoms with Crippen LogP contribution in [0.5, 0.6) is 0 Å². The van der Waals surface area contributed by atoms with Gasteiger partial charge in [0.15, 0.2) is 5.65 Å². The van der Waals surface area contributed by atoms with Gasteiger partial charge in [-0.2, -0.15) is 4.98 Å². The summed E-state index contributed by atoms with van der Waals surface area (Å²) in [6.07, 6.45) is 1.81. The number of hydrogen-bond acceptors (Lipinski definition) is 3. The van der Waals surface area contributed by atoms with Gasteiger partial charge in [0.2, 0.25) is 5.95 Å². The molecule has 2 heterocycles. The average Bonchev–Trinajstić information content (AvgIpc) is 2.85. The molecule has 0 spiro atoms. The molecular formula is C13H9BrClFN4. The maximum atomic E-state index is 13.1. The zero-order valence-electron chi connectivity index (χ0n) is 10.1. The summed E-state index contributed by atoms with van der Waals surface area (Å²) in [5.41, 5.74) is 1.58. The number of benzene rings is 1. The van der Waals surface area contributed by atoms with E-state index in [1.807, 2.05) is 18.3 Å². The summed E-state index contributed by atoms with van der Waals surface area (Å²) in [5, 5.41) is 7.47. The van der Waals surface area contributed by atoms with Gasteiger partial charge in [-0.1, -0.05) is 17.7 Å². The highest BCUT2D eigenvalue weighted by molar-refractivity contribution is 9.10. The number of nitrogens with one attached hydrogen (secondary N) is 1. The Balaban J connectivity index is 1.79. The molecule has 0 unspecified atom stereocenters. The maximum absolute atomic E-state index is 13.1. The van der Waals surface area contributed by atoms with Gasteiger partial charge in [-0.3, -0.25) is 0 Å². The lowest BCUT2D eigenvalue weighted by Crippen LogP contribution is -2.01. The second-order valence-electron chi connectivity index (χ2n) is 4.16. The Labute approximate surface area is 127 Å². The van der Waals surface area contributed by atoms with Crippen LogP contribution >= 0.6 is 27.5 Å². The van der Waals surface area contributed by atoms with Crippen LogP contribution in [0.2, 0.25) is 5.02 Å². The monoisotopic (exact) mass is 354 g/mol. The molecule has 0 amide bonds. The third kappa shape index (κ3) is 2.62. The highest BCUT2D eigenvalue weighted by atomic mass is 79.9. The predicted molar refractivity (Wildman–Crippen MR) is 79.4 cm³/mol. The van der Waals surface area contributed by atoms with Crippen LogP contribution in [-0.2, 0) is 6.54 Å². The average molecular weight is 356 g/mol. The quantitative estimate of drug-likeness (QED) is 0.775. The summed E-state index contributed by atoms with van der Waals surface area (Å²) in [4.78, 5) is 4.35. The van der Waals surface area contributed by atoms with Crippen molar-refractivity contribution >= 4 is 39.1 Å². The first-order chi connectivity index (χ1) is 9.63. The molecule has 0 bridgehead atoms. The molecule has 0 atom stereocenters. The lowest BCUT2D eigenvalue weighted by atomic mass is 10.2. The summed E-state index contributed by atoms with van der Waals surface area (Å²) in [7, 11) is 0. The minimum Gasteiger partial charge on any atom is -0.349 e. The Bertz CT molecular complexity index is 774. The fourth-order valence-corrected chi connectivity index (χ4v) is 2.41. The number of halogens is 3. The normalized spacial score (nSPS) is 10.9. The molecule has 0 aliphatic carbocycles. The fraction of sp³-hybridized carbons (Fsp3) is 0.0769. The fourth-order valence-electron chi connectivity index (χ4n) is 1.78. The van der Waals surface area contributed by atoms with Gasteiger partial charge in [-0.25, -0.2) is 8.91 Å². The molecule has 0 aliphatic heterocycles. The second kappa shape index (κ2) is 5.38. The SMILES string of the molecule is Fc1ccc(CNc2nc3c(Br)cccn3n2)cc1Cl. The third-order valence-corrected chi connectivity index (χ3v) is 3.66. The van der Waals surface area contributed by atoms with Crippen molar-refractivity contribution in [2.45, 2.75) is 6.54 Å². The van der Waals surface area contributed by atoms with Crippen LogP contribution in [0.25, 0.3) is 5.65 Å². The summed E-state index contributed by atoms with van der Waals surface area (Å²) < 4.78 is 15.6. The van der Waals surface area contributed by atoms with Crippen molar-refractivity contribution in [3.05, 3.63) is 57.4 Å². The van der Waals surface area contributed by atoms with E-state index < -0.39 is 5.82 Å². The highest BCUT2D eigenvalue weighted by Crippen LogP contribution is 2.18. The molecule has 20 heavy (non-hydrogen) atoms. The molecule has 1 N–H and O–H groups in total. The van der Waals surface area contributed by atoms with Gasteiger partial charge in [-0.15, -0.1) is 5.10 Å².